The first-order valence-corrected chi connectivity index (χ1v) is 6.50. The number of rotatable bonds is 1. The molecule has 2 aromatic carbocycles. The number of halogens is 1. The Labute approximate surface area is 113 Å². The van der Waals surface area contributed by atoms with E-state index in [-0.39, 0.29) is 6.17 Å². The minimum absolute atomic E-state index is 0.144. The molecule has 1 heterocycles. The Kier molecular flexibility index (Phi) is 2.67. The number of fused-ring (bicyclic) bond motifs is 1. The molecule has 0 saturated heterocycles. The molecule has 2 aromatic rings. The van der Waals surface area contributed by atoms with Gasteiger partial charge in [-0.25, -0.2) is 0 Å². The molecule has 0 spiro atoms. The summed E-state index contributed by atoms with van der Waals surface area (Å²) in [6.07, 6.45) is -0.144. The average molecular weight is 302 g/mol. The minimum Gasteiger partial charge on any atom is -0.398 e. The zero-order valence-electron chi connectivity index (χ0n) is 9.89. The molecule has 3 nitrogen and oxygen atoms in total. The molecule has 0 aliphatic carbocycles. The highest BCUT2D eigenvalue weighted by molar-refractivity contribution is 9.10. The number of anilines is 1. The van der Waals surface area contributed by atoms with Crippen LogP contribution >= 0.6 is 15.9 Å². The third-order valence-corrected chi connectivity index (χ3v) is 3.58. The Morgan fingerprint density at radius 3 is 2.33 bits per heavy atom. The fraction of sp³-hybridized carbons (Fsp3) is 0.143. The summed E-state index contributed by atoms with van der Waals surface area (Å²) in [5.74, 6) is 0. The number of nitrogens with two attached hydrogens (primary N) is 1. The van der Waals surface area contributed by atoms with Crippen molar-refractivity contribution in [2.75, 3.05) is 5.73 Å². The van der Waals surface area contributed by atoms with Crippen molar-refractivity contribution < 1.29 is 0 Å². The number of aryl methyl sites for hydroxylation is 1. The second-order valence-corrected chi connectivity index (χ2v) is 5.30. The maximum atomic E-state index is 5.89. The molecule has 0 fully saturated rings. The summed E-state index contributed by atoms with van der Waals surface area (Å²) in [6.45, 7) is 1.98. The van der Waals surface area contributed by atoms with Crippen LogP contribution < -0.4 is 16.4 Å². The van der Waals surface area contributed by atoms with Crippen molar-refractivity contribution in [1.29, 1.82) is 0 Å². The third kappa shape index (κ3) is 1.93. The first-order valence-electron chi connectivity index (χ1n) is 5.71. The van der Waals surface area contributed by atoms with E-state index >= 15 is 0 Å². The number of hydrogen-bond donors (Lipinski definition) is 1. The maximum Gasteiger partial charge on any atom is 0.166 e. The van der Waals surface area contributed by atoms with Crippen molar-refractivity contribution in [2.45, 2.75) is 13.1 Å². The van der Waals surface area contributed by atoms with Crippen molar-refractivity contribution in [3.63, 3.8) is 0 Å². The molecule has 0 aromatic heterocycles. The van der Waals surface area contributed by atoms with Crippen LogP contribution in [0.15, 0.2) is 50.9 Å². The molecular weight excluding hydrogens is 290 g/mol. The second-order valence-electron chi connectivity index (χ2n) is 4.38. The van der Waals surface area contributed by atoms with Gasteiger partial charge >= 0.3 is 0 Å². The lowest BCUT2D eigenvalue weighted by molar-refractivity contribution is 0.771. The molecule has 90 valence electrons. The molecule has 4 heteroatoms. The number of benzene rings is 2. The molecule has 18 heavy (non-hydrogen) atoms. The Hall–Kier alpha value is -1.68. The van der Waals surface area contributed by atoms with Crippen molar-refractivity contribution in [3.8, 4) is 0 Å². The highest BCUT2D eigenvalue weighted by Crippen LogP contribution is 2.21. The average Bonchev–Trinajstić information content (AvgIpc) is 2.73. The minimum atomic E-state index is -0.144. The van der Waals surface area contributed by atoms with E-state index in [1.54, 1.807) is 0 Å². The lowest BCUT2D eigenvalue weighted by Crippen LogP contribution is -2.22. The van der Waals surface area contributed by atoms with E-state index in [0.717, 1.165) is 32.0 Å². The summed E-state index contributed by atoms with van der Waals surface area (Å²) in [5.41, 5.74) is 8.79. The second kappa shape index (κ2) is 4.21. The van der Waals surface area contributed by atoms with E-state index < -0.39 is 0 Å². The van der Waals surface area contributed by atoms with E-state index in [4.69, 9.17) is 5.73 Å². The predicted molar refractivity (Wildman–Crippen MR) is 74.8 cm³/mol. The van der Waals surface area contributed by atoms with Gasteiger partial charge in [-0.2, -0.15) is 0 Å². The molecule has 1 unspecified atom stereocenters. The van der Waals surface area contributed by atoms with Crippen LogP contribution in [0.25, 0.3) is 0 Å². The van der Waals surface area contributed by atoms with Gasteiger partial charge in [0.05, 0.1) is 10.7 Å². The Balaban J connectivity index is 2.09. The van der Waals surface area contributed by atoms with Crippen LogP contribution in [0.3, 0.4) is 0 Å². The van der Waals surface area contributed by atoms with Gasteiger partial charge in [0.15, 0.2) is 6.17 Å². The summed E-state index contributed by atoms with van der Waals surface area (Å²) in [6, 6.07) is 12.0. The van der Waals surface area contributed by atoms with Gasteiger partial charge in [-0.3, -0.25) is 9.98 Å². The third-order valence-electron chi connectivity index (χ3n) is 3.05. The van der Waals surface area contributed by atoms with Crippen LogP contribution in [-0.4, -0.2) is 0 Å². The van der Waals surface area contributed by atoms with Gasteiger partial charge in [-0.1, -0.05) is 28.1 Å². The predicted octanol–water partition coefficient (Wildman–Crippen LogP) is 2.29. The highest BCUT2D eigenvalue weighted by Gasteiger charge is 2.13. The summed E-state index contributed by atoms with van der Waals surface area (Å²) >= 11 is 3.42. The van der Waals surface area contributed by atoms with Gasteiger partial charge in [0.2, 0.25) is 0 Å². The molecule has 0 amide bonds. The van der Waals surface area contributed by atoms with Crippen LogP contribution in [0, 0.1) is 6.92 Å². The van der Waals surface area contributed by atoms with Crippen molar-refractivity contribution in [3.05, 3.63) is 62.7 Å². The molecule has 2 N–H and O–H groups in total. The Morgan fingerprint density at radius 2 is 1.67 bits per heavy atom. The van der Waals surface area contributed by atoms with Crippen LogP contribution in [0.1, 0.15) is 17.3 Å². The fourth-order valence-corrected chi connectivity index (χ4v) is 2.24. The molecule has 0 bridgehead atoms. The molecule has 1 aliphatic rings. The lowest BCUT2D eigenvalue weighted by Gasteiger charge is -2.03. The lowest BCUT2D eigenvalue weighted by atomic mass is 10.2. The quantitative estimate of drug-likeness (QED) is 0.807. The summed E-state index contributed by atoms with van der Waals surface area (Å²) in [7, 11) is 0. The van der Waals surface area contributed by atoms with Crippen LogP contribution in [0.5, 0.6) is 0 Å². The first-order chi connectivity index (χ1) is 8.63. The molecule has 0 saturated carbocycles. The van der Waals surface area contributed by atoms with E-state index in [2.05, 4.69) is 25.9 Å². The molecule has 1 aliphatic heterocycles. The van der Waals surface area contributed by atoms with Gasteiger partial charge in [0.1, 0.15) is 0 Å². The smallest absolute Gasteiger partial charge is 0.166 e. The van der Waals surface area contributed by atoms with E-state index in [1.165, 1.54) is 0 Å². The SMILES string of the molecule is Cc1cc2c(cc1N)=NC(c1ccc(Br)cc1)N=2. The van der Waals surface area contributed by atoms with Gasteiger partial charge in [0, 0.05) is 10.2 Å². The van der Waals surface area contributed by atoms with Gasteiger partial charge in [-0.05, 0) is 42.3 Å². The van der Waals surface area contributed by atoms with Gasteiger partial charge in [-0.15, -0.1) is 0 Å². The van der Waals surface area contributed by atoms with E-state index in [1.807, 2.05) is 43.3 Å². The monoisotopic (exact) mass is 301 g/mol. The van der Waals surface area contributed by atoms with E-state index in [0.29, 0.717) is 0 Å². The number of nitrogens with zero attached hydrogens (tertiary/aromatic N) is 2. The van der Waals surface area contributed by atoms with Crippen LogP contribution in [0.4, 0.5) is 5.69 Å². The molecule has 0 radical (unpaired) electrons. The van der Waals surface area contributed by atoms with E-state index in [9.17, 15) is 0 Å². The summed E-state index contributed by atoms with van der Waals surface area (Å²) in [5, 5.41) is 1.81. The molecular formula is C14H12BrN3. The van der Waals surface area contributed by atoms with Gasteiger partial charge < -0.3 is 5.73 Å². The Morgan fingerprint density at radius 1 is 1.06 bits per heavy atom. The van der Waals surface area contributed by atoms with Crippen LogP contribution in [0.2, 0.25) is 0 Å². The van der Waals surface area contributed by atoms with Crippen LogP contribution in [-0.2, 0) is 0 Å². The zero-order chi connectivity index (χ0) is 12.7. The topological polar surface area (TPSA) is 50.7 Å². The Bertz CT molecular complexity index is 679. The van der Waals surface area contributed by atoms with Gasteiger partial charge in [0.25, 0.3) is 0 Å². The number of nitrogen functional groups attached to an aromatic ring is 1. The highest BCUT2D eigenvalue weighted by atomic mass is 79.9. The molecule has 1 atom stereocenters. The van der Waals surface area contributed by atoms with Crippen molar-refractivity contribution >= 4 is 21.6 Å². The van der Waals surface area contributed by atoms with Crippen molar-refractivity contribution in [2.24, 2.45) is 9.98 Å². The first kappa shape index (κ1) is 11.4. The number of hydrogen-bond acceptors (Lipinski definition) is 3. The van der Waals surface area contributed by atoms with Crippen molar-refractivity contribution in [1.82, 2.24) is 0 Å². The maximum absolute atomic E-state index is 5.89. The zero-order valence-corrected chi connectivity index (χ0v) is 11.5. The summed E-state index contributed by atoms with van der Waals surface area (Å²) in [4.78, 5) is 9.21. The summed E-state index contributed by atoms with van der Waals surface area (Å²) < 4.78 is 1.06. The standard InChI is InChI=1S/C14H12BrN3/c1-8-6-12-13(7-11(8)16)18-14(17-12)9-2-4-10(15)5-3-9/h2-7,14H,16H2,1H3. The molecule has 3 rings (SSSR count). The fourth-order valence-electron chi connectivity index (χ4n) is 1.98. The largest absolute Gasteiger partial charge is 0.398 e. The normalized spacial score (nSPS) is 16.9.